The molecule has 0 N–H and O–H groups in total. The molecule has 0 aliphatic carbocycles. The summed E-state index contributed by atoms with van der Waals surface area (Å²) in [5.74, 6) is -2.34. The fraction of sp³-hybridized carbons (Fsp3) is 0.111. The molecular formula is C72H56F4N2. The Kier molecular flexibility index (Phi) is 12.5. The molecule has 0 unspecified atom stereocenters. The van der Waals surface area contributed by atoms with Gasteiger partial charge in [-0.3, -0.25) is 0 Å². The highest BCUT2D eigenvalue weighted by Crippen LogP contribution is 2.50. The average Bonchev–Trinajstić information content (AvgIpc) is 3.56. The van der Waals surface area contributed by atoms with E-state index < -0.39 is 23.3 Å². The second-order valence-corrected chi connectivity index (χ2v) is 21.5. The Morgan fingerprint density at radius 3 is 0.808 bits per heavy atom. The number of benzene rings is 12. The number of halogens is 4. The average molecular weight is 1030 g/mol. The van der Waals surface area contributed by atoms with Gasteiger partial charge in [-0.2, -0.15) is 0 Å². The van der Waals surface area contributed by atoms with Crippen molar-refractivity contribution in [3.8, 4) is 44.5 Å². The van der Waals surface area contributed by atoms with E-state index in [1.165, 1.54) is 24.3 Å². The molecule has 12 aromatic carbocycles. The van der Waals surface area contributed by atoms with Crippen molar-refractivity contribution >= 4 is 66.4 Å². The first-order valence-corrected chi connectivity index (χ1v) is 26.4. The first-order chi connectivity index (χ1) is 37.5. The van der Waals surface area contributed by atoms with Crippen LogP contribution in [0.25, 0.3) is 76.8 Å². The maximum Gasteiger partial charge on any atom is 0.147 e. The van der Waals surface area contributed by atoms with E-state index in [0.29, 0.717) is 22.7 Å². The van der Waals surface area contributed by atoms with E-state index in [1.807, 2.05) is 34.1 Å². The van der Waals surface area contributed by atoms with Crippen LogP contribution in [0, 0.1) is 78.7 Å². The highest BCUT2D eigenvalue weighted by Gasteiger charge is 2.26. The summed E-state index contributed by atoms with van der Waals surface area (Å²) in [6.07, 6.45) is 0. The highest BCUT2D eigenvalue weighted by molar-refractivity contribution is 6.28. The zero-order valence-corrected chi connectivity index (χ0v) is 44.9. The molecular weight excluding hydrogens is 969 g/mol. The van der Waals surface area contributed by atoms with Crippen LogP contribution in [0.2, 0.25) is 0 Å². The summed E-state index contributed by atoms with van der Waals surface area (Å²) in [7, 11) is 0. The second kappa shape index (κ2) is 19.5. The predicted molar refractivity (Wildman–Crippen MR) is 319 cm³/mol. The molecule has 0 aliphatic rings. The van der Waals surface area contributed by atoms with E-state index in [9.17, 15) is 0 Å². The van der Waals surface area contributed by atoms with Crippen molar-refractivity contribution < 1.29 is 17.6 Å². The van der Waals surface area contributed by atoms with Crippen LogP contribution >= 0.6 is 0 Å². The summed E-state index contributed by atoms with van der Waals surface area (Å²) in [5.41, 5.74) is 19.2. The van der Waals surface area contributed by atoms with Gasteiger partial charge in [-0.25, -0.2) is 17.6 Å². The molecule has 0 spiro atoms. The van der Waals surface area contributed by atoms with Crippen molar-refractivity contribution in [1.82, 2.24) is 0 Å². The lowest BCUT2D eigenvalue weighted by Gasteiger charge is -2.30. The Bertz CT molecular complexity index is 3880. The van der Waals surface area contributed by atoms with E-state index in [1.54, 1.807) is 0 Å². The Morgan fingerprint density at radius 2 is 0.513 bits per heavy atom. The van der Waals surface area contributed by atoms with Gasteiger partial charge in [0.15, 0.2) is 0 Å². The van der Waals surface area contributed by atoms with Gasteiger partial charge in [0.1, 0.15) is 23.3 Å². The topological polar surface area (TPSA) is 6.48 Å². The zero-order chi connectivity index (χ0) is 54.3. The molecule has 2 nitrogen and oxygen atoms in total. The fourth-order valence-electron chi connectivity index (χ4n) is 12.0. The maximum absolute atomic E-state index is 16.9. The maximum atomic E-state index is 16.9. The van der Waals surface area contributed by atoms with E-state index in [4.69, 9.17) is 0 Å². The molecule has 0 amide bonds. The van der Waals surface area contributed by atoms with Gasteiger partial charge in [0, 0.05) is 34.3 Å². The minimum Gasteiger partial charge on any atom is -0.307 e. The molecule has 6 heteroatoms. The van der Waals surface area contributed by atoms with Crippen LogP contribution < -0.4 is 9.80 Å². The first kappa shape index (κ1) is 49.9. The minimum atomic E-state index is -0.592. The molecule has 0 saturated carbocycles. The fourth-order valence-corrected chi connectivity index (χ4v) is 12.0. The minimum absolute atomic E-state index is 0.0470. The monoisotopic (exact) mass is 1020 g/mol. The van der Waals surface area contributed by atoms with Crippen molar-refractivity contribution in [2.75, 3.05) is 9.80 Å². The lowest BCUT2D eigenvalue weighted by Crippen LogP contribution is -2.14. The first-order valence-electron chi connectivity index (χ1n) is 26.4. The number of rotatable bonds is 10. The summed E-state index contributed by atoms with van der Waals surface area (Å²) >= 11 is 0. The van der Waals surface area contributed by atoms with Gasteiger partial charge in [-0.15, -0.1) is 0 Å². The Balaban J connectivity index is 1.13. The lowest BCUT2D eigenvalue weighted by atomic mass is 9.91. The van der Waals surface area contributed by atoms with Gasteiger partial charge in [-0.1, -0.05) is 154 Å². The molecule has 0 heterocycles. The van der Waals surface area contributed by atoms with Gasteiger partial charge < -0.3 is 9.80 Å². The van der Waals surface area contributed by atoms with Crippen molar-refractivity contribution in [1.29, 1.82) is 0 Å². The third-order valence-corrected chi connectivity index (χ3v) is 15.0. The van der Waals surface area contributed by atoms with Crippen molar-refractivity contribution in [3.63, 3.8) is 0 Å². The third kappa shape index (κ3) is 9.32. The van der Waals surface area contributed by atoms with Crippen LogP contribution in [0.1, 0.15) is 44.5 Å². The molecule has 0 bridgehead atoms. The number of aryl methyl sites for hydroxylation is 8. The number of hydrogen-bond donors (Lipinski definition) is 0. The van der Waals surface area contributed by atoms with E-state index in [0.717, 1.165) is 133 Å². The molecule has 0 radical (unpaired) electrons. The molecule has 0 fully saturated rings. The summed E-state index contributed by atoms with van der Waals surface area (Å²) in [5, 5.41) is 5.17. The van der Waals surface area contributed by atoms with Crippen LogP contribution in [0.3, 0.4) is 0 Å². The smallest absolute Gasteiger partial charge is 0.147 e. The molecule has 12 aromatic rings. The van der Waals surface area contributed by atoms with Crippen LogP contribution in [-0.4, -0.2) is 0 Å². The number of nitrogens with zero attached hydrogens (tertiary/aromatic N) is 2. The van der Waals surface area contributed by atoms with Crippen LogP contribution in [0.5, 0.6) is 0 Å². The van der Waals surface area contributed by atoms with E-state index >= 15 is 17.6 Å². The highest BCUT2D eigenvalue weighted by atomic mass is 19.1. The van der Waals surface area contributed by atoms with Crippen molar-refractivity contribution in [2.45, 2.75) is 55.4 Å². The van der Waals surface area contributed by atoms with Crippen LogP contribution in [0.15, 0.2) is 194 Å². The summed E-state index contributed by atoms with van der Waals surface area (Å²) in [6, 6.07) is 61.8. The lowest BCUT2D eigenvalue weighted by molar-refractivity contribution is 0.601. The summed E-state index contributed by atoms with van der Waals surface area (Å²) < 4.78 is 65.2. The van der Waals surface area contributed by atoms with Gasteiger partial charge in [-0.05, 0) is 194 Å². The van der Waals surface area contributed by atoms with Crippen LogP contribution in [0.4, 0.5) is 51.7 Å². The standard InChI is InChI=1S/C72H56F4N2/c1-41-21-42(2)26-51(25-41)55-33-56(52-27-43(3)22-44(4)28-52)36-61(35-55)77(69-39-59(73)13-17-65(69)75)67-19-11-49-10-16-64-68(20-12-50-9-15-63(67)71(49)72(50)64)78(70-40-60(74)14-18-66(70)76)62-37-57(53-29-45(5)23-46(6)30-53)34-58(38-62)54-31-47(7)24-48(8)32-54/h9-40H,1-8H3. The third-order valence-electron chi connectivity index (χ3n) is 15.0. The Labute approximate surface area is 453 Å². The van der Waals surface area contributed by atoms with Gasteiger partial charge in [0.25, 0.3) is 0 Å². The molecule has 78 heavy (non-hydrogen) atoms. The molecule has 0 atom stereocenters. The van der Waals surface area contributed by atoms with E-state index in [-0.39, 0.29) is 11.4 Å². The molecule has 12 rings (SSSR count). The summed E-state index contributed by atoms with van der Waals surface area (Å²) in [6.45, 7) is 16.6. The predicted octanol–water partition coefficient (Wildman–Crippen LogP) is 21.2. The number of hydrogen-bond acceptors (Lipinski definition) is 2. The van der Waals surface area contributed by atoms with Gasteiger partial charge in [0.05, 0.1) is 22.7 Å². The molecule has 0 saturated heterocycles. The summed E-state index contributed by atoms with van der Waals surface area (Å²) in [4.78, 5) is 3.68. The quantitative estimate of drug-likeness (QED) is 0.0995. The SMILES string of the molecule is Cc1cc(C)cc(-c2cc(-c3cc(C)cc(C)c3)cc(N(c3cc(F)ccc3F)c3ccc4ccc5c(N(c6cc(-c7cc(C)cc(C)c7)cc(-c7cc(C)cc(C)c7)c6)c6cc(F)ccc6F)ccc6ccc3c4c65)c2)c1. The number of anilines is 6. The molecule has 382 valence electrons. The largest absolute Gasteiger partial charge is 0.307 e. The zero-order valence-electron chi connectivity index (χ0n) is 44.9. The van der Waals surface area contributed by atoms with Crippen molar-refractivity contribution in [2.24, 2.45) is 0 Å². The van der Waals surface area contributed by atoms with Crippen molar-refractivity contribution in [3.05, 3.63) is 262 Å². The van der Waals surface area contributed by atoms with Gasteiger partial charge >= 0.3 is 0 Å². The molecule has 0 aliphatic heterocycles. The second-order valence-electron chi connectivity index (χ2n) is 21.5. The van der Waals surface area contributed by atoms with Crippen LogP contribution in [-0.2, 0) is 0 Å². The molecule has 0 aromatic heterocycles. The normalized spacial score (nSPS) is 11.6. The Hall–Kier alpha value is -9.00. The Morgan fingerprint density at radius 1 is 0.244 bits per heavy atom. The van der Waals surface area contributed by atoms with E-state index in [2.05, 4.69) is 189 Å². The van der Waals surface area contributed by atoms with Gasteiger partial charge in [0.2, 0.25) is 0 Å².